The third-order valence-corrected chi connectivity index (χ3v) is 8.83. The van der Waals surface area contributed by atoms with Gasteiger partial charge in [-0.05, 0) is 119 Å². The molecule has 0 saturated carbocycles. The zero-order valence-corrected chi connectivity index (χ0v) is 27.7. The Kier molecular flexibility index (Phi) is 15.2. The second-order valence-corrected chi connectivity index (χ2v) is 12.3. The Morgan fingerprint density at radius 1 is 0.682 bits per heavy atom. The van der Waals surface area contributed by atoms with Gasteiger partial charge in [0.25, 0.3) is 0 Å². The molecule has 1 aliphatic rings. The monoisotopic (exact) mass is 606 g/mol. The molecule has 0 N–H and O–H groups in total. The molecule has 1 heterocycles. The molecular weight excluding hydrogens is 552 g/mol. The number of nitrogens with zero attached hydrogens (tertiary/aromatic N) is 2. The number of carboxylic acid groups (broad SMARTS) is 2. The van der Waals surface area contributed by atoms with E-state index in [-0.39, 0.29) is 22.6 Å². The highest BCUT2D eigenvalue weighted by Gasteiger charge is 2.27. The molecule has 2 aromatic carbocycles. The number of hydrogen-bond donors (Lipinski definition) is 0. The number of rotatable bonds is 22. The van der Waals surface area contributed by atoms with Crippen LogP contribution in [0.1, 0.15) is 135 Å². The van der Waals surface area contributed by atoms with Gasteiger partial charge >= 0.3 is 0 Å². The van der Waals surface area contributed by atoms with E-state index in [4.69, 9.17) is 4.74 Å². The van der Waals surface area contributed by atoms with Gasteiger partial charge in [0.15, 0.2) is 0 Å². The van der Waals surface area contributed by atoms with Crippen molar-refractivity contribution in [1.29, 1.82) is 0 Å². The Balaban J connectivity index is 1.95. The van der Waals surface area contributed by atoms with Crippen LogP contribution in [-0.4, -0.2) is 61.0 Å². The maximum absolute atomic E-state index is 12.5. The summed E-state index contributed by atoms with van der Waals surface area (Å²) >= 11 is 0. The zero-order chi connectivity index (χ0) is 31.9. The molecule has 0 unspecified atom stereocenters. The summed E-state index contributed by atoms with van der Waals surface area (Å²) in [4.78, 5) is 29.4. The first-order valence-electron chi connectivity index (χ1n) is 17.2. The molecule has 2 aromatic rings. The van der Waals surface area contributed by atoms with Crippen molar-refractivity contribution in [3.05, 3.63) is 57.6 Å². The minimum Gasteiger partial charge on any atom is -0.545 e. The summed E-state index contributed by atoms with van der Waals surface area (Å²) in [5.74, 6) is -2.24. The second kappa shape index (κ2) is 18.8. The van der Waals surface area contributed by atoms with Crippen molar-refractivity contribution in [2.75, 3.05) is 39.3 Å². The van der Waals surface area contributed by atoms with Gasteiger partial charge in [-0.2, -0.15) is 0 Å². The molecule has 1 aliphatic heterocycles. The number of hydrogen-bond acceptors (Lipinski definition) is 7. The normalized spacial score (nSPS) is 12.3. The number of ether oxygens (including phenoxy) is 1. The van der Waals surface area contributed by atoms with Gasteiger partial charge in [0.05, 0.1) is 11.9 Å². The Bertz CT molecular complexity index is 1190. The van der Waals surface area contributed by atoms with Gasteiger partial charge in [0.1, 0.15) is 11.5 Å². The molecule has 0 amide bonds. The highest BCUT2D eigenvalue weighted by Crippen LogP contribution is 2.43. The fraction of sp³-hybridized carbons (Fsp3) is 0.622. The van der Waals surface area contributed by atoms with Crippen LogP contribution in [0.2, 0.25) is 0 Å². The van der Waals surface area contributed by atoms with Crippen LogP contribution in [0.25, 0.3) is 0 Å². The lowest BCUT2D eigenvalue weighted by Gasteiger charge is -2.30. The molecule has 0 aromatic heterocycles. The molecule has 0 aliphatic carbocycles. The van der Waals surface area contributed by atoms with Crippen molar-refractivity contribution >= 4 is 11.9 Å². The highest BCUT2D eigenvalue weighted by atomic mass is 16.5. The van der Waals surface area contributed by atoms with Gasteiger partial charge in [-0.25, -0.2) is 0 Å². The molecule has 0 radical (unpaired) electrons. The van der Waals surface area contributed by atoms with Crippen molar-refractivity contribution < 1.29 is 24.5 Å². The van der Waals surface area contributed by atoms with Gasteiger partial charge in [-0.1, -0.05) is 65.5 Å². The molecule has 244 valence electrons. The Labute approximate surface area is 265 Å². The summed E-state index contributed by atoms with van der Waals surface area (Å²) in [6.45, 7) is 15.2. The van der Waals surface area contributed by atoms with E-state index in [2.05, 4.69) is 37.5 Å². The second-order valence-electron chi connectivity index (χ2n) is 12.3. The number of benzene rings is 2. The topological polar surface area (TPSA) is 96.0 Å². The van der Waals surface area contributed by atoms with Gasteiger partial charge in [-0.15, -0.1) is 0 Å². The van der Waals surface area contributed by atoms with E-state index < -0.39 is 11.9 Å². The smallest absolute Gasteiger partial charge is 0.140 e. The van der Waals surface area contributed by atoms with Crippen LogP contribution in [0.5, 0.6) is 11.5 Å². The molecule has 0 bridgehead atoms. The van der Waals surface area contributed by atoms with Crippen LogP contribution in [0, 0.1) is 0 Å². The number of para-hydroxylation sites is 1. The first kappa shape index (κ1) is 35.6. The predicted octanol–water partition coefficient (Wildman–Crippen LogP) is 5.78. The molecule has 0 fully saturated rings. The number of carbonyl (C=O) groups is 2. The van der Waals surface area contributed by atoms with E-state index in [0.29, 0.717) is 6.42 Å². The number of unbranched alkanes of at least 4 members (excludes halogenated alkanes) is 4. The average Bonchev–Trinajstić information content (AvgIpc) is 3.01. The molecule has 0 atom stereocenters. The third kappa shape index (κ3) is 10.1. The van der Waals surface area contributed by atoms with Gasteiger partial charge in [0.2, 0.25) is 0 Å². The molecule has 0 saturated heterocycles. The SMILES string of the molecule is CCCCN(CCCC)CCCc1cc(C(=O)[O-])c2c(c1CCCN(CCCC)CCCC)Cc1cccc(C(=O)[O-])c1O2. The molecule has 44 heavy (non-hydrogen) atoms. The molecular formula is C37H54N2O5-2. The lowest BCUT2D eigenvalue weighted by molar-refractivity contribution is -0.256. The predicted molar refractivity (Wildman–Crippen MR) is 174 cm³/mol. The number of fused-ring (bicyclic) bond motifs is 2. The molecule has 7 nitrogen and oxygen atoms in total. The Morgan fingerprint density at radius 3 is 1.68 bits per heavy atom. The highest BCUT2D eigenvalue weighted by molar-refractivity contribution is 5.93. The number of aromatic carboxylic acids is 2. The molecule has 3 rings (SSSR count). The van der Waals surface area contributed by atoms with Crippen molar-refractivity contribution in [2.24, 2.45) is 0 Å². The van der Waals surface area contributed by atoms with Crippen LogP contribution < -0.4 is 14.9 Å². The number of carboxylic acids is 2. The summed E-state index contributed by atoms with van der Waals surface area (Å²) in [6, 6.07) is 6.74. The molecule has 0 spiro atoms. The summed E-state index contributed by atoms with van der Waals surface area (Å²) in [6.07, 6.45) is 13.3. The quantitative estimate of drug-likeness (QED) is 0.143. The Morgan fingerprint density at radius 2 is 1.18 bits per heavy atom. The van der Waals surface area contributed by atoms with Crippen molar-refractivity contribution in [1.82, 2.24) is 9.80 Å². The largest absolute Gasteiger partial charge is 0.545 e. The minimum atomic E-state index is -1.34. The summed E-state index contributed by atoms with van der Waals surface area (Å²) < 4.78 is 6.16. The van der Waals surface area contributed by atoms with Gasteiger partial charge in [0, 0.05) is 23.1 Å². The van der Waals surface area contributed by atoms with Gasteiger partial charge < -0.3 is 34.3 Å². The minimum absolute atomic E-state index is 0.00103. The lowest BCUT2D eigenvalue weighted by Crippen LogP contribution is -2.29. The number of carbonyl (C=O) groups excluding carboxylic acids is 2. The average molecular weight is 607 g/mol. The maximum atomic E-state index is 12.5. The van der Waals surface area contributed by atoms with Crippen molar-refractivity contribution in [3.8, 4) is 11.5 Å². The van der Waals surface area contributed by atoms with Crippen molar-refractivity contribution in [2.45, 2.75) is 111 Å². The van der Waals surface area contributed by atoms with Crippen LogP contribution >= 0.6 is 0 Å². The van der Waals surface area contributed by atoms with Crippen LogP contribution in [0.3, 0.4) is 0 Å². The van der Waals surface area contributed by atoms with E-state index in [0.717, 1.165) is 87.2 Å². The first-order chi connectivity index (χ1) is 21.3. The summed E-state index contributed by atoms with van der Waals surface area (Å²) in [7, 11) is 0. The van der Waals surface area contributed by atoms with E-state index in [1.54, 1.807) is 12.1 Å². The lowest BCUT2D eigenvalue weighted by atomic mass is 9.86. The fourth-order valence-corrected chi connectivity index (χ4v) is 6.28. The third-order valence-electron chi connectivity index (χ3n) is 8.83. The summed E-state index contributed by atoms with van der Waals surface area (Å²) in [5, 5.41) is 24.3. The number of aryl methyl sites for hydroxylation is 1. The van der Waals surface area contributed by atoms with E-state index in [9.17, 15) is 19.8 Å². The standard InChI is InChI=1S/C37H56N2O5/c1-5-9-20-38(21-10-6-2)24-14-17-28-26-33(37(42)43)35-32(27-29-16-13-18-31(36(40)41)34(29)44-35)30(28)19-15-25-39(22-11-7-3)23-12-8-4/h13,16,18,26H,5-12,14-15,17,19-25,27H2,1-4H3,(H,40,41)(H,42,43)/p-2. The molecule has 7 heteroatoms. The summed E-state index contributed by atoms with van der Waals surface area (Å²) in [5.41, 5.74) is 3.72. The fourth-order valence-electron chi connectivity index (χ4n) is 6.28. The van der Waals surface area contributed by atoms with Gasteiger partial charge in [-0.3, -0.25) is 0 Å². The van der Waals surface area contributed by atoms with E-state index in [1.165, 1.54) is 57.4 Å². The maximum Gasteiger partial charge on any atom is 0.140 e. The van der Waals surface area contributed by atoms with Crippen LogP contribution in [-0.2, 0) is 19.3 Å². The zero-order valence-electron chi connectivity index (χ0n) is 27.7. The van der Waals surface area contributed by atoms with Crippen LogP contribution in [0.4, 0.5) is 0 Å². The van der Waals surface area contributed by atoms with E-state index >= 15 is 0 Å². The van der Waals surface area contributed by atoms with Crippen LogP contribution in [0.15, 0.2) is 24.3 Å². The first-order valence-corrected chi connectivity index (χ1v) is 17.2. The van der Waals surface area contributed by atoms with E-state index in [1.807, 2.05) is 6.07 Å². The Hall–Kier alpha value is -2.90. The van der Waals surface area contributed by atoms with Crippen molar-refractivity contribution in [3.63, 3.8) is 0 Å².